The molecule has 0 radical (unpaired) electrons. The molecule has 0 saturated carbocycles. The monoisotopic (exact) mass is 288 g/mol. The molecule has 1 rings (SSSR count). The fourth-order valence-electron chi connectivity index (χ4n) is 1.66. The third kappa shape index (κ3) is 4.07. The van der Waals surface area contributed by atoms with E-state index in [1.54, 1.807) is 0 Å². The second-order valence-electron chi connectivity index (χ2n) is 4.38. The Balaban J connectivity index is 2.78. The largest absolute Gasteiger partial charge is 0.399 e. The summed E-state index contributed by atoms with van der Waals surface area (Å²) in [7, 11) is 0. The van der Waals surface area contributed by atoms with Gasteiger partial charge in [-0.25, -0.2) is 0 Å². The lowest BCUT2D eigenvalue weighted by Crippen LogP contribution is -2.32. The average Bonchev–Trinajstić information content (AvgIpc) is 2.30. The number of benzene rings is 1. The van der Waals surface area contributed by atoms with Gasteiger partial charge in [0.1, 0.15) is 0 Å². The lowest BCUT2D eigenvalue weighted by atomic mass is 10.1. The van der Waals surface area contributed by atoms with Gasteiger partial charge in [0, 0.05) is 11.7 Å². The molecule has 1 aromatic rings. The van der Waals surface area contributed by atoms with Gasteiger partial charge in [-0.3, -0.25) is 4.79 Å². The maximum atomic E-state index is 12.0. The van der Waals surface area contributed by atoms with Crippen molar-refractivity contribution in [3.05, 3.63) is 27.7 Å². The normalized spacial score (nSPS) is 12.2. The molecule has 0 heterocycles. The maximum absolute atomic E-state index is 12.0. The predicted molar refractivity (Wildman–Crippen MR) is 77.3 cm³/mol. The number of rotatable bonds is 5. The molecule has 0 aliphatic rings. The van der Waals surface area contributed by atoms with Crippen LogP contribution in [0.25, 0.3) is 0 Å². The number of amides is 1. The molecule has 0 aliphatic heterocycles. The number of carbonyl (C=O) groups is 1. The van der Waals surface area contributed by atoms with E-state index in [2.05, 4.69) is 12.2 Å². The zero-order chi connectivity index (χ0) is 13.7. The Bertz CT molecular complexity index is 435. The molecule has 0 saturated heterocycles. The Hall–Kier alpha value is -0.930. The number of hydrogen-bond acceptors (Lipinski definition) is 2. The van der Waals surface area contributed by atoms with Gasteiger partial charge in [0.05, 0.1) is 15.6 Å². The molecule has 1 amide bonds. The van der Waals surface area contributed by atoms with Crippen LogP contribution in [0.15, 0.2) is 12.1 Å². The van der Waals surface area contributed by atoms with Crippen LogP contribution in [0, 0.1) is 0 Å². The molecule has 0 bridgehead atoms. The first-order valence-electron chi connectivity index (χ1n) is 6.01. The highest BCUT2D eigenvalue weighted by molar-refractivity contribution is 6.44. The van der Waals surface area contributed by atoms with Crippen molar-refractivity contribution in [1.29, 1.82) is 0 Å². The molecule has 0 spiro atoms. The van der Waals surface area contributed by atoms with Crippen molar-refractivity contribution in [3.63, 3.8) is 0 Å². The van der Waals surface area contributed by atoms with E-state index in [9.17, 15) is 4.79 Å². The lowest BCUT2D eigenvalue weighted by Gasteiger charge is -2.14. The molecule has 5 heteroatoms. The van der Waals surface area contributed by atoms with E-state index in [0.717, 1.165) is 19.3 Å². The van der Waals surface area contributed by atoms with Crippen molar-refractivity contribution in [1.82, 2.24) is 5.32 Å². The van der Waals surface area contributed by atoms with Gasteiger partial charge in [-0.2, -0.15) is 0 Å². The molecule has 3 nitrogen and oxygen atoms in total. The first kappa shape index (κ1) is 15.1. The third-order valence-electron chi connectivity index (χ3n) is 2.66. The van der Waals surface area contributed by atoms with Gasteiger partial charge in [0.15, 0.2) is 0 Å². The lowest BCUT2D eigenvalue weighted by molar-refractivity contribution is 0.0938. The van der Waals surface area contributed by atoms with Crippen molar-refractivity contribution in [2.45, 2.75) is 39.2 Å². The Labute approximate surface area is 118 Å². The maximum Gasteiger partial charge on any atom is 0.253 e. The molecule has 0 fully saturated rings. The van der Waals surface area contributed by atoms with E-state index in [1.165, 1.54) is 12.1 Å². The first-order valence-corrected chi connectivity index (χ1v) is 6.76. The number of nitrogens with one attached hydrogen (secondary N) is 1. The van der Waals surface area contributed by atoms with Crippen LogP contribution in [0.4, 0.5) is 5.69 Å². The first-order chi connectivity index (χ1) is 8.45. The Morgan fingerprint density at radius 2 is 2.11 bits per heavy atom. The van der Waals surface area contributed by atoms with Crippen molar-refractivity contribution in [2.75, 3.05) is 5.73 Å². The number of nitrogen functional groups attached to an aromatic ring is 1. The number of carbonyl (C=O) groups excluding carboxylic acids is 1. The number of unbranched alkanes of at least 4 members (excludes halogenated alkanes) is 1. The van der Waals surface area contributed by atoms with Crippen LogP contribution in [0.3, 0.4) is 0 Å². The van der Waals surface area contributed by atoms with Gasteiger partial charge in [-0.05, 0) is 25.5 Å². The van der Waals surface area contributed by atoms with E-state index in [1.807, 2.05) is 6.92 Å². The molecule has 18 heavy (non-hydrogen) atoms. The topological polar surface area (TPSA) is 55.1 Å². The van der Waals surface area contributed by atoms with Gasteiger partial charge in [0.2, 0.25) is 0 Å². The summed E-state index contributed by atoms with van der Waals surface area (Å²) < 4.78 is 0. The number of halogens is 2. The summed E-state index contributed by atoms with van der Waals surface area (Å²) in [5.74, 6) is -0.238. The minimum absolute atomic E-state index is 0.105. The molecule has 0 aliphatic carbocycles. The SMILES string of the molecule is CCCCC(C)NC(=O)c1cc(N)cc(Cl)c1Cl. The zero-order valence-electron chi connectivity index (χ0n) is 10.6. The average molecular weight is 289 g/mol. The second-order valence-corrected chi connectivity index (χ2v) is 5.17. The van der Waals surface area contributed by atoms with Gasteiger partial charge in [0.25, 0.3) is 5.91 Å². The quantitative estimate of drug-likeness (QED) is 0.808. The number of nitrogens with two attached hydrogens (primary N) is 1. The van der Waals surface area contributed by atoms with Crippen molar-refractivity contribution in [3.8, 4) is 0 Å². The molecule has 1 atom stereocenters. The van der Waals surface area contributed by atoms with Crippen LogP contribution in [0.1, 0.15) is 43.5 Å². The molecule has 0 aromatic heterocycles. The Kier molecular flexibility index (Phi) is 5.76. The minimum atomic E-state index is -0.238. The van der Waals surface area contributed by atoms with Crippen LogP contribution in [0.5, 0.6) is 0 Å². The summed E-state index contributed by atoms with van der Waals surface area (Å²) in [6, 6.07) is 3.17. The highest BCUT2D eigenvalue weighted by atomic mass is 35.5. The van der Waals surface area contributed by atoms with Crippen molar-refractivity contribution < 1.29 is 4.79 Å². The highest BCUT2D eigenvalue weighted by Crippen LogP contribution is 2.28. The van der Waals surface area contributed by atoms with E-state index in [0.29, 0.717) is 16.3 Å². The van der Waals surface area contributed by atoms with E-state index in [4.69, 9.17) is 28.9 Å². The van der Waals surface area contributed by atoms with Crippen LogP contribution < -0.4 is 11.1 Å². The third-order valence-corrected chi connectivity index (χ3v) is 3.47. The van der Waals surface area contributed by atoms with E-state index >= 15 is 0 Å². The predicted octanol–water partition coefficient (Wildman–Crippen LogP) is 3.88. The van der Waals surface area contributed by atoms with Crippen LogP contribution in [-0.4, -0.2) is 11.9 Å². The highest BCUT2D eigenvalue weighted by Gasteiger charge is 2.15. The minimum Gasteiger partial charge on any atom is -0.399 e. The van der Waals surface area contributed by atoms with E-state index in [-0.39, 0.29) is 17.0 Å². The second kappa shape index (κ2) is 6.86. The van der Waals surface area contributed by atoms with E-state index < -0.39 is 0 Å². The molecular formula is C13H18Cl2N2O. The van der Waals surface area contributed by atoms with Crippen LogP contribution >= 0.6 is 23.2 Å². The van der Waals surface area contributed by atoms with Crippen molar-refractivity contribution in [2.24, 2.45) is 0 Å². The molecule has 1 aromatic carbocycles. The summed E-state index contributed by atoms with van der Waals surface area (Å²) in [5, 5.41) is 3.42. The Morgan fingerprint density at radius 1 is 1.44 bits per heavy atom. The number of hydrogen-bond donors (Lipinski definition) is 2. The summed E-state index contributed by atoms with van der Waals surface area (Å²) in [6.45, 7) is 4.08. The standard InChI is InChI=1S/C13H18Cl2N2O/c1-3-4-5-8(2)17-13(18)10-6-9(16)7-11(14)12(10)15/h6-8H,3-5,16H2,1-2H3,(H,17,18). The van der Waals surface area contributed by atoms with Gasteiger partial charge < -0.3 is 11.1 Å². The summed E-state index contributed by atoms with van der Waals surface area (Å²) in [5.41, 5.74) is 6.40. The molecule has 1 unspecified atom stereocenters. The van der Waals surface area contributed by atoms with Gasteiger partial charge >= 0.3 is 0 Å². The summed E-state index contributed by atoms with van der Waals surface area (Å²) in [6.07, 6.45) is 3.12. The fourth-order valence-corrected chi connectivity index (χ4v) is 2.08. The smallest absolute Gasteiger partial charge is 0.253 e. The van der Waals surface area contributed by atoms with Crippen molar-refractivity contribution >= 4 is 34.8 Å². The zero-order valence-corrected chi connectivity index (χ0v) is 12.1. The van der Waals surface area contributed by atoms with Crippen LogP contribution in [-0.2, 0) is 0 Å². The molecule has 100 valence electrons. The van der Waals surface area contributed by atoms with Gasteiger partial charge in [-0.15, -0.1) is 0 Å². The summed E-state index contributed by atoms with van der Waals surface area (Å²) >= 11 is 11.9. The fraction of sp³-hybridized carbons (Fsp3) is 0.462. The molecular weight excluding hydrogens is 271 g/mol. The molecule has 3 N–H and O–H groups in total. The van der Waals surface area contributed by atoms with Gasteiger partial charge in [-0.1, -0.05) is 43.0 Å². The summed E-state index contributed by atoms with van der Waals surface area (Å²) in [4.78, 5) is 12.0. The van der Waals surface area contributed by atoms with Crippen LogP contribution in [0.2, 0.25) is 10.0 Å². The number of anilines is 1. The Morgan fingerprint density at radius 3 is 2.72 bits per heavy atom.